The van der Waals surface area contributed by atoms with Gasteiger partial charge in [0.1, 0.15) is 5.69 Å². The lowest BCUT2D eigenvalue weighted by atomic mass is 10.0. The van der Waals surface area contributed by atoms with Crippen molar-refractivity contribution < 1.29 is 27.8 Å². The van der Waals surface area contributed by atoms with Gasteiger partial charge in [-0.1, -0.05) is 54.1 Å². The molecule has 0 aliphatic heterocycles. The highest BCUT2D eigenvalue weighted by molar-refractivity contribution is 6.30. The molecule has 1 N–H and O–H groups in total. The molecule has 1 amide bonds. The first-order chi connectivity index (χ1) is 16.3. The largest absolute Gasteiger partial charge is 0.431 e. The Balaban J connectivity index is 2.15. The molecule has 3 aromatic rings. The van der Waals surface area contributed by atoms with Gasteiger partial charge < -0.3 is 19.3 Å². The highest BCUT2D eigenvalue weighted by Crippen LogP contribution is 2.45. The normalized spacial score (nSPS) is 12.0. The molecule has 188 valence electrons. The van der Waals surface area contributed by atoms with E-state index in [1.165, 1.54) is 18.9 Å². The van der Waals surface area contributed by atoms with E-state index in [1.54, 1.807) is 68.4 Å². The molecule has 0 unspecified atom stereocenters. The van der Waals surface area contributed by atoms with Crippen molar-refractivity contribution in [1.29, 1.82) is 0 Å². The summed E-state index contributed by atoms with van der Waals surface area (Å²) >= 11 is 5.99. The number of hydrogen-bond acceptors (Lipinski definition) is 3. The Bertz CT molecular complexity index is 1170. The first-order valence-electron chi connectivity index (χ1n) is 11.0. The van der Waals surface area contributed by atoms with Crippen LogP contribution in [0.15, 0.2) is 54.6 Å². The van der Waals surface area contributed by atoms with Gasteiger partial charge in [0.15, 0.2) is 0 Å². The molecule has 0 aliphatic rings. The number of nitrogens with zero attached hydrogens (tertiary/aromatic N) is 2. The Morgan fingerprint density at radius 1 is 1.09 bits per heavy atom. The molecule has 2 aromatic carbocycles. The van der Waals surface area contributed by atoms with E-state index in [-0.39, 0.29) is 36.5 Å². The molecule has 0 fully saturated rings. The maximum absolute atomic E-state index is 14.3. The third-order valence-corrected chi connectivity index (χ3v) is 5.85. The van der Waals surface area contributed by atoms with E-state index in [9.17, 15) is 23.1 Å². The van der Waals surface area contributed by atoms with Crippen LogP contribution in [0.25, 0.3) is 11.1 Å². The van der Waals surface area contributed by atoms with E-state index in [0.29, 0.717) is 16.1 Å². The molecule has 0 saturated heterocycles. The Kier molecular flexibility index (Phi) is 7.87. The number of benzene rings is 2. The van der Waals surface area contributed by atoms with Gasteiger partial charge in [0.25, 0.3) is 0 Å². The van der Waals surface area contributed by atoms with Gasteiger partial charge in [0.2, 0.25) is 5.88 Å². The average molecular weight is 509 g/mol. The van der Waals surface area contributed by atoms with Crippen LogP contribution in [0.1, 0.15) is 37.1 Å². The summed E-state index contributed by atoms with van der Waals surface area (Å²) in [5.74, 6) is -0.207. The van der Waals surface area contributed by atoms with Crippen molar-refractivity contribution in [3.8, 4) is 17.0 Å². The number of hydrogen-bond donors (Lipinski definition) is 1. The molecule has 35 heavy (non-hydrogen) atoms. The topological polar surface area (TPSA) is 54.7 Å². The summed E-state index contributed by atoms with van der Waals surface area (Å²) in [6.45, 7) is 4.58. The van der Waals surface area contributed by atoms with Crippen LogP contribution < -0.4 is 4.74 Å². The van der Waals surface area contributed by atoms with Gasteiger partial charge >= 0.3 is 12.3 Å². The molecule has 0 atom stereocenters. The molecular weight excluding hydrogens is 481 g/mol. The monoisotopic (exact) mass is 508 g/mol. The second-order valence-corrected chi connectivity index (χ2v) is 9.52. The lowest BCUT2D eigenvalue weighted by Crippen LogP contribution is -2.35. The maximum atomic E-state index is 14.3. The van der Waals surface area contributed by atoms with Gasteiger partial charge in [-0.3, -0.25) is 0 Å². The number of carbonyl (C=O) groups excluding carboxylic acids is 1. The minimum Gasteiger partial charge on any atom is -0.392 e. The van der Waals surface area contributed by atoms with Crippen LogP contribution in [0.4, 0.5) is 18.0 Å². The lowest BCUT2D eigenvalue weighted by Gasteiger charge is -2.23. The maximum Gasteiger partial charge on any atom is 0.431 e. The van der Waals surface area contributed by atoms with Gasteiger partial charge in [-0.2, -0.15) is 13.2 Å². The summed E-state index contributed by atoms with van der Waals surface area (Å²) < 4.78 is 49.6. The summed E-state index contributed by atoms with van der Waals surface area (Å²) in [4.78, 5) is 14.2. The van der Waals surface area contributed by atoms with E-state index >= 15 is 0 Å². The number of aliphatic hydroxyl groups is 1. The van der Waals surface area contributed by atoms with Crippen LogP contribution in [0, 0.1) is 6.92 Å². The number of amides is 1. The Morgan fingerprint density at radius 3 is 2.23 bits per heavy atom. The Hall–Kier alpha value is -2.97. The molecule has 0 radical (unpaired) electrons. The van der Waals surface area contributed by atoms with Gasteiger partial charge in [-0.05, 0) is 56.0 Å². The van der Waals surface area contributed by atoms with E-state index in [0.717, 1.165) is 4.57 Å². The van der Waals surface area contributed by atoms with Crippen LogP contribution in [-0.4, -0.2) is 39.9 Å². The minimum atomic E-state index is -4.70. The van der Waals surface area contributed by atoms with Gasteiger partial charge in [0, 0.05) is 24.2 Å². The molecule has 9 heteroatoms. The van der Waals surface area contributed by atoms with Crippen LogP contribution in [0.5, 0.6) is 5.88 Å². The van der Waals surface area contributed by atoms with Gasteiger partial charge in [0.05, 0.1) is 12.1 Å². The fourth-order valence-electron chi connectivity index (χ4n) is 3.76. The van der Waals surface area contributed by atoms with Crippen molar-refractivity contribution in [3.63, 3.8) is 0 Å². The summed E-state index contributed by atoms with van der Waals surface area (Å²) in [5, 5.41) is 10.4. The van der Waals surface area contributed by atoms with E-state index in [4.69, 9.17) is 16.3 Å². The smallest absolute Gasteiger partial charge is 0.392 e. The first kappa shape index (κ1) is 26.6. The fourth-order valence-corrected chi connectivity index (χ4v) is 3.88. The molecule has 1 aromatic heterocycles. The van der Waals surface area contributed by atoms with Crippen molar-refractivity contribution in [2.24, 2.45) is 0 Å². The predicted molar refractivity (Wildman–Crippen MR) is 130 cm³/mol. The second kappa shape index (κ2) is 10.3. The van der Waals surface area contributed by atoms with E-state index in [1.807, 2.05) is 0 Å². The molecule has 0 aliphatic carbocycles. The molecule has 5 nitrogen and oxygen atoms in total. The van der Waals surface area contributed by atoms with Gasteiger partial charge in [-0.15, -0.1) is 0 Å². The second-order valence-electron chi connectivity index (χ2n) is 9.08. The zero-order valence-corrected chi connectivity index (χ0v) is 20.7. The van der Waals surface area contributed by atoms with Crippen LogP contribution in [-0.2, 0) is 12.7 Å². The van der Waals surface area contributed by atoms with Crippen molar-refractivity contribution in [2.45, 2.75) is 45.5 Å². The Labute approximate surface area is 207 Å². The third kappa shape index (κ3) is 6.58. The standard InChI is InChI=1S/C26H28ClF3N2O3/c1-17-21(19-10-12-20(27)13-11-19)23(35-24(33)31(4)15-14-25(2,3)34)32(22(17)26(28,29)30)16-18-8-6-5-7-9-18/h5-13,34H,14-16H2,1-4H3. The number of alkyl halides is 3. The first-order valence-corrected chi connectivity index (χ1v) is 11.4. The average Bonchev–Trinajstić information content (AvgIpc) is 3.03. The van der Waals surface area contributed by atoms with Gasteiger partial charge in [-0.25, -0.2) is 4.79 Å². The van der Waals surface area contributed by atoms with Crippen molar-refractivity contribution in [3.05, 3.63) is 76.4 Å². The SMILES string of the molecule is Cc1c(-c2ccc(Cl)cc2)c(OC(=O)N(C)CCC(C)(C)O)n(Cc2ccccc2)c1C(F)(F)F. The van der Waals surface area contributed by atoms with E-state index < -0.39 is 23.6 Å². The highest BCUT2D eigenvalue weighted by Gasteiger charge is 2.41. The fraction of sp³-hybridized carbons (Fsp3) is 0.346. The number of rotatable bonds is 7. The van der Waals surface area contributed by atoms with Crippen molar-refractivity contribution in [2.75, 3.05) is 13.6 Å². The minimum absolute atomic E-state index is 0.0577. The summed E-state index contributed by atoms with van der Waals surface area (Å²) in [6.07, 6.45) is -5.26. The molecule has 0 bridgehead atoms. The van der Waals surface area contributed by atoms with Crippen LogP contribution in [0.3, 0.4) is 0 Å². The molecule has 0 saturated carbocycles. The summed E-state index contributed by atoms with van der Waals surface area (Å²) in [5.41, 5.74) is -0.758. The number of carbonyl (C=O) groups is 1. The zero-order chi connectivity index (χ0) is 26.0. The molecular formula is C26H28ClF3N2O3. The summed E-state index contributed by atoms with van der Waals surface area (Å²) in [6, 6.07) is 15.0. The third-order valence-electron chi connectivity index (χ3n) is 5.60. The Morgan fingerprint density at radius 2 is 1.69 bits per heavy atom. The predicted octanol–water partition coefficient (Wildman–Crippen LogP) is 6.78. The number of halogens is 4. The van der Waals surface area contributed by atoms with Crippen molar-refractivity contribution in [1.82, 2.24) is 9.47 Å². The summed E-state index contributed by atoms with van der Waals surface area (Å²) in [7, 11) is 1.47. The van der Waals surface area contributed by atoms with Crippen LogP contribution in [0.2, 0.25) is 5.02 Å². The number of aromatic nitrogens is 1. The van der Waals surface area contributed by atoms with E-state index in [2.05, 4.69) is 0 Å². The zero-order valence-electron chi connectivity index (χ0n) is 20.0. The lowest BCUT2D eigenvalue weighted by molar-refractivity contribution is -0.144. The molecule has 1 heterocycles. The quantitative estimate of drug-likeness (QED) is 0.383. The highest BCUT2D eigenvalue weighted by atomic mass is 35.5. The van der Waals surface area contributed by atoms with Crippen LogP contribution >= 0.6 is 11.6 Å². The molecule has 3 rings (SSSR count). The molecule has 0 spiro atoms. The number of ether oxygens (including phenoxy) is 1. The van der Waals surface area contributed by atoms with Crippen molar-refractivity contribution >= 4 is 17.7 Å².